The molecule has 1 amide bonds. The fraction of sp³-hybridized carbons (Fsp3) is 0.462. The molecular weight excluding hydrogens is 385 g/mol. The van der Waals surface area contributed by atoms with Crippen molar-refractivity contribution < 1.29 is 17.6 Å². The Labute approximate surface area is 135 Å². The van der Waals surface area contributed by atoms with Crippen LogP contribution in [0.4, 0.5) is 4.39 Å². The van der Waals surface area contributed by atoms with Crippen molar-refractivity contribution in [3.05, 3.63) is 28.0 Å². The molecule has 1 aromatic rings. The number of hydrogen-bond donors (Lipinski definition) is 0. The Kier molecular flexibility index (Phi) is 4.95. The second kappa shape index (κ2) is 6.22. The molecule has 1 fully saturated rings. The van der Waals surface area contributed by atoms with Gasteiger partial charge in [-0.15, -0.1) is 0 Å². The van der Waals surface area contributed by atoms with E-state index in [-0.39, 0.29) is 16.1 Å². The number of likely N-dealkylation sites (tertiary alicyclic amines) is 1. The van der Waals surface area contributed by atoms with E-state index in [1.165, 1.54) is 6.07 Å². The van der Waals surface area contributed by atoms with Gasteiger partial charge in [-0.25, -0.2) is 12.8 Å². The Morgan fingerprint density at radius 2 is 2.10 bits per heavy atom. The summed E-state index contributed by atoms with van der Waals surface area (Å²) in [4.78, 5) is 13.4. The molecule has 1 atom stereocenters. The van der Waals surface area contributed by atoms with Gasteiger partial charge < -0.3 is 4.90 Å². The number of nitrogens with zero attached hydrogens (tertiary/aromatic N) is 1. The van der Waals surface area contributed by atoms with Gasteiger partial charge in [0.25, 0.3) is 15.0 Å². The topological polar surface area (TPSA) is 54.5 Å². The summed E-state index contributed by atoms with van der Waals surface area (Å²) in [5, 5.41) is 0. The van der Waals surface area contributed by atoms with Crippen molar-refractivity contribution in [2.75, 3.05) is 6.54 Å². The van der Waals surface area contributed by atoms with E-state index in [4.69, 9.17) is 10.7 Å². The first-order chi connectivity index (χ1) is 9.71. The normalized spacial score (nSPS) is 19.6. The molecular formula is C13H14BrClFNO3S. The summed E-state index contributed by atoms with van der Waals surface area (Å²) in [6.07, 6.45) is 2.72. The number of hydrogen-bond acceptors (Lipinski definition) is 3. The number of halogens is 3. The molecule has 1 aromatic carbocycles. The Bertz CT molecular complexity index is 680. The van der Waals surface area contributed by atoms with Gasteiger partial charge in [0, 0.05) is 27.7 Å². The quantitative estimate of drug-likeness (QED) is 0.716. The number of carbonyl (C=O) groups is 1. The largest absolute Gasteiger partial charge is 0.336 e. The average Bonchev–Trinajstić information content (AvgIpc) is 2.39. The van der Waals surface area contributed by atoms with Crippen LogP contribution in [0.3, 0.4) is 0 Å². The molecule has 1 aliphatic rings. The number of benzene rings is 1. The fourth-order valence-corrected chi connectivity index (χ4v) is 3.99. The molecule has 1 saturated heterocycles. The van der Waals surface area contributed by atoms with Crippen LogP contribution in [0.1, 0.15) is 36.5 Å². The molecule has 116 valence electrons. The van der Waals surface area contributed by atoms with Gasteiger partial charge in [0.2, 0.25) is 0 Å². The molecule has 0 spiro atoms. The Morgan fingerprint density at radius 1 is 1.43 bits per heavy atom. The Balaban J connectivity index is 2.49. The van der Waals surface area contributed by atoms with E-state index in [0.717, 1.165) is 25.3 Å². The summed E-state index contributed by atoms with van der Waals surface area (Å²) < 4.78 is 37.4. The monoisotopic (exact) mass is 397 g/mol. The number of piperidine rings is 1. The number of carbonyl (C=O) groups excluding carboxylic acids is 1. The molecule has 0 saturated carbocycles. The van der Waals surface area contributed by atoms with E-state index >= 15 is 0 Å². The van der Waals surface area contributed by atoms with Crippen molar-refractivity contribution in [1.82, 2.24) is 4.90 Å². The molecule has 0 bridgehead atoms. The fourth-order valence-electron chi connectivity index (χ4n) is 2.45. The van der Waals surface area contributed by atoms with Gasteiger partial charge in [0.05, 0.1) is 5.56 Å². The zero-order valence-corrected chi connectivity index (χ0v) is 14.4. The van der Waals surface area contributed by atoms with Crippen molar-refractivity contribution in [3.8, 4) is 0 Å². The van der Waals surface area contributed by atoms with Gasteiger partial charge >= 0.3 is 0 Å². The highest BCUT2D eigenvalue weighted by Crippen LogP contribution is 2.28. The molecule has 8 heteroatoms. The minimum Gasteiger partial charge on any atom is -0.336 e. The first-order valence-electron chi connectivity index (χ1n) is 6.46. The summed E-state index contributed by atoms with van der Waals surface area (Å²) in [6.45, 7) is 2.43. The third-order valence-corrected chi connectivity index (χ3v) is 5.34. The standard InChI is InChI=1S/C13H14BrClFNO3S/c1-8-4-2-3-5-17(8)13(18)10-6-9(14)7-11(12(10)16)21(15,19)20/h6-8H,2-5H2,1H3. The van der Waals surface area contributed by atoms with Crippen LogP contribution in [-0.2, 0) is 9.05 Å². The predicted molar refractivity (Wildman–Crippen MR) is 81.5 cm³/mol. The smallest absolute Gasteiger partial charge is 0.264 e. The zero-order chi connectivity index (χ0) is 15.8. The molecule has 1 heterocycles. The second-order valence-electron chi connectivity index (χ2n) is 5.05. The first-order valence-corrected chi connectivity index (χ1v) is 9.56. The Hall–Kier alpha value is -0.660. The number of amides is 1. The third kappa shape index (κ3) is 3.57. The summed E-state index contributed by atoms with van der Waals surface area (Å²) >= 11 is 3.09. The van der Waals surface area contributed by atoms with E-state index in [1.54, 1.807) is 4.90 Å². The predicted octanol–water partition coefficient (Wildman–Crippen LogP) is 3.53. The van der Waals surface area contributed by atoms with Gasteiger partial charge in [-0.3, -0.25) is 4.79 Å². The van der Waals surface area contributed by atoms with E-state index < -0.39 is 25.7 Å². The highest BCUT2D eigenvalue weighted by Gasteiger charge is 2.29. The highest BCUT2D eigenvalue weighted by atomic mass is 79.9. The maximum absolute atomic E-state index is 14.3. The molecule has 1 aliphatic heterocycles. The Morgan fingerprint density at radius 3 is 2.67 bits per heavy atom. The summed E-state index contributed by atoms with van der Waals surface area (Å²) in [6, 6.07) is 2.33. The summed E-state index contributed by atoms with van der Waals surface area (Å²) in [5.74, 6) is -1.61. The van der Waals surface area contributed by atoms with Crippen LogP contribution < -0.4 is 0 Å². The molecule has 0 N–H and O–H groups in total. The van der Waals surface area contributed by atoms with Crippen LogP contribution in [0.5, 0.6) is 0 Å². The van der Waals surface area contributed by atoms with Crippen LogP contribution in [0.25, 0.3) is 0 Å². The highest BCUT2D eigenvalue weighted by molar-refractivity contribution is 9.10. The van der Waals surface area contributed by atoms with Crippen LogP contribution in [0.2, 0.25) is 0 Å². The maximum Gasteiger partial charge on any atom is 0.264 e. The lowest BCUT2D eigenvalue weighted by Crippen LogP contribution is -2.42. The zero-order valence-electron chi connectivity index (χ0n) is 11.3. The van der Waals surface area contributed by atoms with Crippen molar-refractivity contribution >= 4 is 41.6 Å². The van der Waals surface area contributed by atoms with Crippen molar-refractivity contribution in [3.63, 3.8) is 0 Å². The van der Waals surface area contributed by atoms with Gasteiger partial charge in [0.1, 0.15) is 4.90 Å². The van der Waals surface area contributed by atoms with Gasteiger partial charge in [0.15, 0.2) is 5.82 Å². The summed E-state index contributed by atoms with van der Waals surface area (Å²) in [7, 11) is 0.954. The molecule has 1 unspecified atom stereocenters. The lowest BCUT2D eigenvalue weighted by Gasteiger charge is -2.33. The van der Waals surface area contributed by atoms with Gasteiger partial charge in [-0.2, -0.15) is 0 Å². The van der Waals surface area contributed by atoms with Gasteiger partial charge in [-0.1, -0.05) is 15.9 Å². The van der Waals surface area contributed by atoms with Crippen molar-refractivity contribution in [2.24, 2.45) is 0 Å². The van der Waals surface area contributed by atoms with Crippen LogP contribution in [0, 0.1) is 5.82 Å². The SMILES string of the molecule is CC1CCCCN1C(=O)c1cc(Br)cc(S(=O)(=O)Cl)c1F. The number of rotatable bonds is 2. The molecule has 4 nitrogen and oxygen atoms in total. The average molecular weight is 399 g/mol. The van der Waals surface area contributed by atoms with Crippen LogP contribution in [0.15, 0.2) is 21.5 Å². The molecule has 21 heavy (non-hydrogen) atoms. The molecule has 0 aromatic heterocycles. The molecule has 0 aliphatic carbocycles. The van der Waals surface area contributed by atoms with Gasteiger partial charge in [-0.05, 0) is 38.3 Å². The van der Waals surface area contributed by atoms with E-state index in [2.05, 4.69) is 15.9 Å². The minimum atomic E-state index is -4.26. The lowest BCUT2D eigenvalue weighted by molar-refractivity contribution is 0.0630. The van der Waals surface area contributed by atoms with Crippen LogP contribution in [-0.4, -0.2) is 31.8 Å². The molecule has 2 rings (SSSR count). The molecule has 0 radical (unpaired) electrons. The van der Waals surface area contributed by atoms with Crippen molar-refractivity contribution in [2.45, 2.75) is 37.1 Å². The first kappa shape index (κ1) is 16.7. The minimum absolute atomic E-state index is 0.000639. The maximum atomic E-state index is 14.3. The summed E-state index contributed by atoms with van der Waals surface area (Å²) in [5.41, 5.74) is -0.280. The third-order valence-electron chi connectivity index (χ3n) is 3.56. The lowest BCUT2D eigenvalue weighted by atomic mass is 10.0. The van der Waals surface area contributed by atoms with E-state index in [9.17, 15) is 17.6 Å². The van der Waals surface area contributed by atoms with Crippen LogP contribution >= 0.6 is 26.6 Å². The van der Waals surface area contributed by atoms with E-state index in [1.807, 2.05) is 6.92 Å². The second-order valence-corrected chi connectivity index (χ2v) is 8.50. The van der Waals surface area contributed by atoms with E-state index in [0.29, 0.717) is 6.54 Å². The van der Waals surface area contributed by atoms with Crippen molar-refractivity contribution in [1.29, 1.82) is 0 Å².